The number of amides is 1. The fraction of sp³-hybridized carbons (Fsp3) is 0.185. The Bertz CT molecular complexity index is 1230. The molecule has 0 saturated heterocycles. The minimum absolute atomic E-state index is 0.0721. The number of hydrogen-bond donors (Lipinski definition) is 0. The van der Waals surface area contributed by atoms with Crippen LogP contribution in [-0.4, -0.2) is 16.6 Å². The van der Waals surface area contributed by atoms with Crippen LogP contribution in [0.5, 0.6) is 0 Å². The largest absolute Gasteiger partial charge is 0.274 e. The fourth-order valence-electron chi connectivity index (χ4n) is 4.65. The van der Waals surface area contributed by atoms with E-state index in [0.29, 0.717) is 15.6 Å². The van der Waals surface area contributed by atoms with Crippen LogP contribution in [0.3, 0.4) is 0 Å². The molecule has 5 rings (SSSR count). The van der Waals surface area contributed by atoms with E-state index in [-0.39, 0.29) is 23.7 Å². The van der Waals surface area contributed by atoms with E-state index in [1.165, 1.54) is 24.3 Å². The zero-order valence-corrected chi connectivity index (χ0v) is 19.2. The average molecular weight is 479 g/mol. The maximum Gasteiger partial charge on any atom is 0.274 e. The smallest absolute Gasteiger partial charge is 0.267 e. The minimum Gasteiger partial charge on any atom is -0.267 e. The number of rotatable bonds is 3. The zero-order chi connectivity index (χ0) is 22.9. The molecule has 0 radical (unpaired) electrons. The van der Waals surface area contributed by atoms with Crippen molar-refractivity contribution in [3.63, 3.8) is 0 Å². The van der Waals surface area contributed by atoms with Crippen LogP contribution in [0.4, 0.5) is 4.39 Å². The summed E-state index contributed by atoms with van der Waals surface area (Å²) in [5, 5.41) is 7.76. The van der Waals surface area contributed by atoms with Gasteiger partial charge < -0.3 is 0 Å². The van der Waals surface area contributed by atoms with Crippen LogP contribution in [0.1, 0.15) is 46.8 Å². The van der Waals surface area contributed by atoms with Crippen LogP contribution in [0, 0.1) is 11.7 Å². The van der Waals surface area contributed by atoms with Crippen LogP contribution in [0.15, 0.2) is 83.5 Å². The highest BCUT2D eigenvalue weighted by Crippen LogP contribution is 2.45. The molecule has 3 aromatic carbocycles. The summed E-state index contributed by atoms with van der Waals surface area (Å²) >= 11 is 12.2. The van der Waals surface area contributed by atoms with E-state index in [1.54, 1.807) is 5.01 Å². The monoisotopic (exact) mass is 478 g/mol. The van der Waals surface area contributed by atoms with Crippen molar-refractivity contribution in [1.29, 1.82) is 0 Å². The van der Waals surface area contributed by atoms with Gasteiger partial charge in [-0.3, -0.25) is 4.79 Å². The summed E-state index contributed by atoms with van der Waals surface area (Å²) < 4.78 is 13.5. The summed E-state index contributed by atoms with van der Waals surface area (Å²) in [6.45, 7) is 0. The van der Waals surface area contributed by atoms with Gasteiger partial charge in [0.2, 0.25) is 0 Å². The number of nitrogens with zero attached hydrogens (tertiary/aromatic N) is 2. The second-order valence-corrected chi connectivity index (χ2v) is 9.23. The van der Waals surface area contributed by atoms with Crippen molar-refractivity contribution in [1.82, 2.24) is 5.01 Å². The van der Waals surface area contributed by atoms with E-state index in [0.717, 1.165) is 41.7 Å². The van der Waals surface area contributed by atoms with Crippen LogP contribution in [-0.2, 0) is 0 Å². The maximum atomic E-state index is 13.5. The standard InChI is InChI=1S/C27H21Cl2FN2O/c28-21-10-4-17(5-11-21)16-20-2-1-3-24-25(20)31-32(26(24)18-6-12-22(29)13-7-18)27(33)19-8-14-23(30)15-9-19/h4-16,24,26H,1-3H2/b20-16+/t24-,26+/m1/s1. The van der Waals surface area contributed by atoms with Gasteiger partial charge in [-0.05, 0) is 90.6 Å². The fourth-order valence-corrected chi connectivity index (χ4v) is 4.90. The molecule has 2 atom stereocenters. The van der Waals surface area contributed by atoms with E-state index >= 15 is 0 Å². The Kier molecular flexibility index (Phi) is 6.05. The number of allylic oxidation sites excluding steroid dienone is 1. The Morgan fingerprint density at radius 1 is 0.939 bits per heavy atom. The first kappa shape index (κ1) is 21.9. The number of halogens is 3. The Morgan fingerprint density at radius 2 is 1.58 bits per heavy atom. The van der Waals surface area contributed by atoms with E-state index in [4.69, 9.17) is 28.3 Å². The van der Waals surface area contributed by atoms with Gasteiger partial charge in [-0.25, -0.2) is 9.40 Å². The highest BCUT2D eigenvalue weighted by Gasteiger charge is 2.43. The van der Waals surface area contributed by atoms with Crippen LogP contribution in [0.2, 0.25) is 10.0 Å². The van der Waals surface area contributed by atoms with Crippen molar-refractivity contribution in [3.05, 3.63) is 111 Å². The molecule has 0 spiro atoms. The highest BCUT2D eigenvalue weighted by molar-refractivity contribution is 6.30. The number of hydrogen-bond acceptors (Lipinski definition) is 2. The molecule has 3 nitrogen and oxygen atoms in total. The zero-order valence-electron chi connectivity index (χ0n) is 17.7. The molecule has 1 aliphatic carbocycles. The molecule has 0 aromatic heterocycles. The Labute approximate surface area is 202 Å². The SMILES string of the molecule is O=C(c1ccc(F)cc1)N1N=C2/C(=C/c3ccc(Cl)cc3)CCC[C@H]2[C@@H]1c1ccc(Cl)cc1. The first-order valence-corrected chi connectivity index (χ1v) is 11.6. The number of hydrazone groups is 1. The second-order valence-electron chi connectivity index (χ2n) is 8.36. The summed E-state index contributed by atoms with van der Waals surface area (Å²) in [5.74, 6) is -0.555. The van der Waals surface area contributed by atoms with Crippen LogP contribution < -0.4 is 0 Å². The Balaban J connectivity index is 1.57. The lowest BCUT2D eigenvalue weighted by Crippen LogP contribution is -2.31. The van der Waals surface area contributed by atoms with E-state index in [2.05, 4.69) is 6.08 Å². The van der Waals surface area contributed by atoms with E-state index in [9.17, 15) is 9.18 Å². The van der Waals surface area contributed by atoms with Crippen molar-refractivity contribution in [2.75, 3.05) is 0 Å². The van der Waals surface area contributed by atoms with Gasteiger partial charge in [0.05, 0.1) is 11.8 Å². The molecule has 1 aliphatic heterocycles. The molecular weight excluding hydrogens is 458 g/mol. The van der Waals surface area contributed by atoms with Gasteiger partial charge in [-0.2, -0.15) is 5.10 Å². The molecular formula is C27H21Cl2FN2O. The van der Waals surface area contributed by atoms with Crippen LogP contribution >= 0.6 is 23.2 Å². The first-order chi connectivity index (χ1) is 16.0. The van der Waals surface area contributed by atoms with Crippen molar-refractivity contribution < 1.29 is 9.18 Å². The molecule has 6 heteroatoms. The third kappa shape index (κ3) is 4.46. The summed E-state index contributed by atoms with van der Waals surface area (Å²) in [5.41, 5.74) is 4.49. The van der Waals surface area contributed by atoms with Gasteiger partial charge in [0.25, 0.3) is 5.91 Å². The molecule has 3 aromatic rings. The van der Waals surface area contributed by atoms with Gasteiger partial charge in [0.1, 0.15) is 5.82 Å². The van der Waals surface area contributed by atoms with Gasteiger partial charge in [0, 0.05) is 21.5 Å². The molecule has 0 unspecified atom stereocenters. The summed E-state index contributed by atoms with van der Waals surface area (Å²) in [6.07, 6.45) is 4.96. The van der Waals surface area contributed by atoms with Gasteiger partial charge in [0.15, 0.2) is 0 Å². The lowest BCUT2D eigenvalue weighted by Gasteiger charge is -2.29. The van der Waals surface area contributed by atoms with E-state index < -0.39 is 0 Å². The van der Waals surface area contributed by atoms with Crippen molar-refractivity contribution >= 4 is 40.9 Å². The average Bonchev–Trinajstić information content (AvgIpc) is 3.22. The normalized spacial score (nSPS) is 21.1. The molecule has 1 heterocycles. The topological polar surface area (TPSA) is 32.7 Å². The lowest BCUT2D eigenvalue weighted by atomic mass is 9.77. The molecule has 1 saturated carbocycles. The van der Waals surface area contributed by atoms with Gasteiger partial charge >= 0.3 is 0 Å². The van der Waals surface area contributed by atoms with Crippen molar-refractivity contribution in [3.8, 4) is 0 Å². The van der Waals surface area contributed by atoms with E-state index in [1.807, 2.05) is 48.5 Å². The summed E-state index contributed by atoms with van der Waals surface area (Å²) in [4.78, 5) is 13.5. The number of carbonyl (C=O) groups is 1. The maximum absolute atomic E-state index is 13.5. The number of benzene rings is 3. The third-order valence-corrected chi connectivity index (χ3v) is 6.73. The summed E-state index contributed by atoms with van der Waals surface area (Å²) in [7, 11) is 0. The second kappa shape index (κ2) is 9.12. The molecule has 1 amide bonds. The molecule has 2 aliphatic rings. The molecule has 0 bridgehead atoms. The van der Waals surface area contributed by atoms with Crippen molar-refractivity contribution in [2.45, 2.75) is 25.3 Å². The molecule has 33 heavy (non-hydrogen) atoms. The minimum atomic E-state index is -0.379. The summed E-state index contributed by atoms with van der Waals surface area (Å²) in [6, 6.07) is 20.6. The predicted molar refractivity (Wildman–Crippen MR) is 131 cm³/mol. The Hall–Kier alpha value is -2.95. The molecule has 0 N–H and O–H groups in total. The van der Waals surface area contributed by atoms with Gasteiger partial charge in [-0.1, -0.05) is 47.5 Å². The predicted octanol–water partition coefficient (Wildman–Crippen LogP) is 7.57. The first-order valence-electron chi connectivity index (χ1n) is 10.9. The molecule has 1 fully saturated rings. The highest BCUT2D eigenvalue weighted by atomic mass is 35.5. The Morgan fingerprint density at radius 3 is 2.24 bits per heavy atom. The lowest BCUT2D eigenvalue weighted by molar-refractivity contribution is 0.0681. The number of carbonyl (C=O) groups excluding carboxylic acids is 1. The van der Waals surface area contributed by atoms with Crippen LogP contribution in [0.25, 0.3) is 6.08 Å². The number of fused-ring (bicyclic) bond motifs is 1. The third-order valence-electron chi connectivity index (χ3n) is 6.22. The van der Waals surface area contributed by atoms with Crippen molar-refractivity contribution in [2.24, 2.45) is 11.0 Å². The quantitative estimate of drug-likeness (QED) is 0.381. The van der Waals surface area contributed by atoms with Gasteiger partial charge in [-0.15, -0.1) is 0 Å². The molecule has 166 valence electrons.